The van der Waals surface area contributed by atoms with Gasteiger partial charge in [-0.1, -0.05) is 31.2 Å². The summed E-state index contributed by atoms with van der Waals surface area (Å²) < 4.78 is 28.5. The summed E-state index contributed by atoms with van der Waals surface area (Å²) in [5, 5.41) is 4.11. The minimum Gasteiger partial charge on any atom is -0.321 e. The second-order valence-electron chi connectivity index (χ2n) is 6.52. The van der Waals surface area contributed by atoms with Gasteiger partial charge in [-0.05, 0) is 43.2 Å². The number of sulfonamides is 1. The van der Waals surface area contributed by atoms with Gasteiger partial charge in [0.05, 0.1) is 28.0 Å². The van der Waals surface area contributed by atoms with Crippen LogP contribution in [0.5, 0.6) is 0 Å². The summed E-state index contributed by atoms with van der Waals surface area (Å²) in [6, 6.07) is 13.9. The molecule has 152 valence electrons. The first-order valence-corrected chi connectivity index (χ1v) is 10.7. The number of aromatic nitrogens is 2. The summed E-state index contributed by atoms with van der Waals surface area (Å²) in [6.45, 7) is 4.13. The fourth-order valence-corrected chi connectivity index (χ4v) is 3.87. The first-order chi connectivity index (χ1) is 13.9. The lowest BCUT2D eigenvalue weighted by Gasteiger charge is -2.07. The van der Waals surface area contributed by atoms with E-state index in [1.54, 1.807) is 30.0 Å². The lowest BCUT2D eigenvalue weighted by Crippen LogP contribution is -2.24. The van der Waals surface area contributed by atoms with E-state index in [2.05, 4.69) is 20.2 Å². The van der Waals surface area contributed by atoms with Crippen molar-refractivity contribution in [3.05, 3.63) is 60.4 Å². The first kappa shape index (κ1) is 20.7. The van der Waals surface area contributed by atoms with Crippen LogP contribution in [0, 0.1) is 0 Å². The zero-order chi connectivity index (χ0) is 20.9. The van der Waals surface area contributed by atoms with Crippen LogP contribution in [-0.4, -0.2) is 36.1 Å². The Morgan fingerprint density at radius 1 is 1.14 bits per heavy atom. The maximum Gasteiger partial charge on any atom is 0.260 e. The highest BCUT2D eigenvalue weighted by atomic mass is 32.2. The average molecular weight is 414 g/mol. The molecule has 29 heavy (non-hydrogen) atoms. The molecule has 8 nitrogen and oxygen atoms in total. The van der Waals surface area contributed by atoms with Crippen molar-refractivity contribution < 1.29 is 13.2 Å². The molecule has 0 fully saturated rings. The van der Waals surface area contributed by atoms with Gasteiger partial charge >= 0.3 is 0 Å². The monoisotopic (exact) mass is 413 g/mol. The minimum absolute atomic E-state index is 0.0948. The van der Waals surface area contributed by atoms with E-state index in [0.29, 0.717) is 17.8 Å². The number of hydrazone groups is 1. The molecule has 0 aliphatic heterocycles. The summed E-state index contributed by atoms with van der Waals surface area (Å²) in [4.78, 5) is 16.7. The molecule has 0 atom stereocenters. The van der Waals surface area contributed by atoms with Crippen molar-refractivity contribution in [3.63, 3.8) is 0 Å². The van der Waals surface area contributed by atoms with Crippen molar-refractivity contribution in [1.82, 2.24) is 19.7 Å². The molecule has 0 unspecified atom stereocenters. The number of nitrogens with one attached hydrogen (secondary N) is 2. The van der Waals surface area contributed by atoms with E-state index in [9.17, 15) is 13.2 Å². The SMILES string of the molecule is CCCNS(=O)(=O)c1ccc(/C(C)=N\NC(=O)Cn2cnc3ccccc32)cc1. The van der Waals surface area contributed by atoms with Gasteiger partial charge in [-0.25, -0.2) is 23.5 Å². The second kappa shape index (κ2) is 8.97. The summed E-state index contributed by atoms with van der Waals surface area (Å²) >= 11 is 0. The molecule has 0 saturated carbocycles. The molecule has 3 aromatic rings. The molecule has 0 bridgehead atoms. The van der Waals surface area contributed by atoms with Gasteiger partial charge in [-0.15, -0.1) is 0 Å². The van der Waals surface area contributed by atoms with Crippen molar-refractivity contribution in [3.8, 4) is 0 Å². The van der Waals surface area contributed by atoms with Gasteiger partial charge in [0, 0.05) is 6.54 Å². The molecule has 9 heteroatoms. The van der Waals surface area contributed by atoms with Gasteiger partial charge in [0.25, 0.3) is 5.91 Å². The standard InChI is InChI=1S/C20H23N5O3S/c1-3-12-22-29(27,28)17-10-8-16(9-11-17)15(2)23-24-20(26)13-25-14-21-18-6-4-5-7-19(18)25/h4-11,14,22H,3,12-13H2,1-2H3,(H,24,26)/b23-15-. The number of hydrogen-bond acceptors (Lipinski definition) is 5. The highest BCUT2D eigenvalue weighted by molar-refractivity contribution is 7.89. The van der Waals surface area contributed by atoms with Gasteiger partial charge in [0.15, 0.2) is 0 Å². The molecular weight excluding hydrogens is 390 g/mol. The Labute approximate surface area is 169 Å². The van der Waals surface area contributed by atoms with E-state index < -0.39 is 10.0 Å². The Hall–Kier alpha value is -3.04. The maximum absolute atomic E-state index is 12.2. The topological polar surface area (TPSA) is 105 Å². The lowest BCUT2D eigenvalue weighted by molar-refractivity contribution is -0.121. The number of rotatable bonds is 8. The van der Waals surface area contributed by atoms with Gasteiger partial charge in [0.2, 0.25) is 10.0 Å². The fraction of sp³-hybridized carbons (Fsp3) is 0.250. The van der Waals surface area contributed by atoms with Gasteiger partial charge in [-0.3, -0.25) is 4.79 Å². The number of para-hydroxylation sites is 2. The number of nitrogens with zero attached hydrogens (tertiary/aromatic N) is 3. The van der Waals surface area contributed by atoms with E-state index in [0.717, 1.165) is 17.5 Å². The number of hydrogen-bond donors (Lipinski definition) is 2. The minimum atomic E-state index is -3.51. The van der Waals surface area contributed by atoms with Crippen LogP contribution < -0.4 is 10.1 Å². The van der Waals surface area contributed by atoms with Crippen LogP contribution in [0.3, 0.4) is 0 Å². The largest absolute Gasteiger partial charge is 0.321 e. The molecule has 1 amide bonds. The van der Waals surface area contributed by atoms with Crippen LogP contribution in [-0.2, 0) is 21.4 Å². The Kier molecular flexibility index (Phi) is 6.40. The molecule has 0 radical (unpaired) electrons. The number of amides is 1. The quantitative estimate of drug-likeness (QED) is 0.436. The number of imidazole rings is 1. The fourth-order valence-electron chi connectivity index (χ4n) is 2.73. The smallest absolute Gasteiger partial charge is 0.260 e. The highest BCUT2D eigenvalue weighted by Gasteiger charge is 2.13. The molecule has 2 N–H and O–H groups in total. The Balaban J connectivity index is 1.64. The third-order valence-corrected chi connectivity index (χ3v) is 5.79. The van der Waals surface area contributed by atoms with Crippen LogP contribution in [0.25, 0.3) is 11.0 Å². The summed E-state index contributed by atoms with van der Waals surface area (Å²) in [5.41, 5.74) is 5.51. The molecule has 1 heterocycles. The zero-order valence-electron chi connectivity index (χ0n) is 16.3. The predicted octanol–water partition coefficient (Wildman–Crippen LogP) is 2.26. The molecule has 0 aliphatic carbocycles. The molecule has 3 rings (SSSR count). The third-order valence-electron chi connectivity index (χ3n) is 4.31. The Morgan fingerprint density at radius 2 is 1.86 bits per heavy atom. The zero-order valence-corrected chi connectivity index (χ0v) is 17.1. The van der Waals surface area contributed by atoms with Crippen LogP contribution in [0.15, 0.2) is 64.9 Å². The average Bonchev–Trinajstić information content (AvgIpc) is 3.13. The summed E-state index contributed by atoms with van der Waals surface area (Å²) in [6.07, 6.45) is 2.34. The first-order valence-electron chi connectivity index (χ1n) is 9.24. The van der Waals surface area contributed by atoms with Gasteiger partial charge in [0.1, 0.15) is 6.54 Å². The van der Waals surface area contributed by atoms with E-state index in [1.807, 2.05) is 31.2 Å². The van der Waals surface area contributed by atoms with E-state index >= 15 is 0 Å². The van der Waals surface area contributed by atoms with Crippen LogP contribution in [0.1, 0.15) is 25.8 Å². The van der Waals surface area contributed by atoms with Crippen molar-refractivity contribution >= 4 is 32.7 Å². The van der Waals surface area contributed by atoms with Crippen LogP contribution in [0.4, 0.5) is 0 Å². The molecule has 1 aromatic heterocycles. The molecule has 2 aromatic carbocycles. The van der Waals surface area contributed by atoms with Crippen LogP contribution >= 0.6 is 0 Å². The molecular formula is C20H23N5O3S. The van der Waals surface area contributed by atoms with E-state index in [-0.39, 0.29) is 17.3 Å². The Bertz CT molecular complexity index is 1130. The number of fused-ring (bicyclic) bond motifs is 1. The normalized spacial score (nSPS) is 12.3. The highest BCUT2D eigenvalue weighted by Crippen LogP contribution is 2.12. The van der Waals surface area contributed by atoms with E-state index in [4.69, 9.17) is 0 Å². The lowest BCUT2D eigenvalue weighted by atomic mass is 10.1. The van der Waals surface area contributed by atoms with Crippen molar-refractivity contribution in [2.45, 2.75) is 31.7 Å². The molecule has 0 aliphatic rings. The predicted molar refractivity (Wildman–Crippen MR) is 112 cm³/mol. The molecule has 0 spiro atoms. The van der Waals surface area contributed by atoms with Gasteiger partial charge < -0.3 is 4.57 Å². The van der Waals surface area contributed by atoms with Crippen molar-refractivity contribution in [2.24, 2.45) is 5.10 Å². The third kappa shape index (κ3) is 5.07. The summed E-state index contributed by atoms with van der Waals surface area (Å²) in [7, 11) is -3.51. The number of benzene rings is 2. The number of carbonyl (C=O) groups excluding carboxylic acids is 1. The van der Waals surface area contributed by atoms with Crippen LogP contribution in [0.2, 0.25) is 0 Å². The van der Waals surface area contributed by atoms with Crippen molar-refractivity contribution in [2.75, 3.05) is 6.54 Å². The second-order valence-corrected chi connectivity index (χ2v) is 8.28. The number of carbonyl (C=O) groups is 1. The maximum atomic E-state index is 12.2. The van der Waals surface area contributed by atoms with Gasteiger partial charge in [-0.2, -0.15) is 5.10 Å². The summed E-state index contributed by atoms with van der Waals surface area (Å²) in [5.74, 6) is -0.282. The van der Waals surface area contributed by atoms with Crippen molar-refractivity contribution in [1.29, 1.82) is 0 Å². The Morgan fingerprint density at radius 3 is 2.59 bits per heavy atom. The van der Waals surface area contributed by atoms with E-state index in [1.165, 1.54) is 12.1 Å². The molecule has 0 saturated heterocycles.